The minimum atomic E-state index is -4.76. The summed E-state index contributed by atoms with van der Waals surface area (Å²) in [6.07, 6.45) is -6.41. The predicted molar refractivity (Wildman–Crippen MR) is 118 cm³/mol. The standard InChI is InChI=1S/C24H25F3N2O6/c25-24(26,27)35-13-5-12-28-22(32)20(10-11-21(30)31)29-23(33)34-14-19-17-8-3-1-6-15(17)16-7-2-4-9-18(16)19/h1-4,6-9,19-20H,5,10-14H2,(H,28,32)(H,29,33)(H,30,31). The van der Waals surface area contributed by atoms with E-state index in [1.54, 1.807) is 0 Å². The Bertz CT molecular complexity index is 1010. The number of carbonyl (C=O) groups excluding carboxylic acids is 2. The van der Waals surface area contributed by atoms with Gasteiger partial charge in [-0.25, -0.2) is 4.79 Å². The SMILES string of the molecule is O=C(O)CCC(NC(=O)OCC1c2ccccc2-c2ccccc21)C(=O)NCCCOC(F)(F)F. The molecule has 3 N–H and O–H groups in total. The largest absolute Gasteiger partial charge is 0.522 e. The van der Waals surface area contributed by atoms with Crippen LogP contribution in [0, 0.1) is 0 Å². The Morgan fingerprint density at radius 2 is 1.60 bits per heavy atom. The lowest BCUT2D eigenvalue weighted by Crippen LogP contribution is -2.47. The van der Waals surface area contributed by atoms with Crippen LogP contribution in [0.5, 0.6) is 0 Å². The van der Waals surface area contributed by atoms with E-state index in [1.807, 2.05) is 48.5 Å². The van der Waals surface area contributed by atoms with Crippen molar-refractivity contribution >= 4 is 18.0 Å². The molecule has 2 amide bonds. The van der Waals surface area contributed by atoms with Gasteiger partial charge in [-0.3, -0.25) is 14.3 Å². The van der Waals surface area contributed by atoms with Crippen molar-refractivity contribution in [1.29, 1.82) is 0 Å². The first-order valence-electron chi connectivity index (χ1n) is 11.0. The summed E-state index contributed by atoms with van der Waals surface area (Å²) in [6, 6.07) is 14.3. The monoisotopic (exact) mass is 494 g/mol. The van der Waals surface area contributed by atoms with Crippen LogP contribution in [0.15, 0.2) is 48.5 Å². The molecular formula is C24H25F3N2O6. The zero-order valence-corrected chi connectivity index (χ0v) is 18.6. The second-order valence-corrected chi connectivity index (χ2v) is 7.89. The van der Waals surface area contributed by atoms with Crippen LogP contribution in [0.2, 0.25) is 0 Å². The maximum absolute atomic E-state index is 12.5. The van der Waals surface area contributed by atoms with E-state index in [0.717, 1.165) is 22.3 Å². The molecule has 0 spiro atoms. The van der Waals surface area contributed by atoms with Crippen LogP contribution in [-0.4, -0.2) is 55.2 Å². The molecule has 2 aromatic carbocycles. The van der Waals surface area contributed by atoms with Crippen LogP contribution >= 0.6 is 0 Å². The smallest absolute Gasteiger partial charge is 0.481 e. The number of hydrogen-bond acceptors (Lipinski definition) is 5. The zero-order chi connectivity index (χ0) is 25.4. The van der Waals surface area contributed by atoms with E-state index >= 15 is 0 Å². The van der Waals surface area contributed by atoms with Gasteiger partial charge in [0.05, 0.1) is 6.61 Å². The fourth-order valence-corrected chi connectivity index (χ4v) is 3.91. The van der Waals surface area contributed by atoms with Gasteiger partial charge in [0.2, 0.25) is 5.91 Å². The van der Waals surface area contributed by atoms with Gasteiger partial charge in [-0.05, 0) is 35.1 Å². The number of ether oxygens (including phenoxy) is 2. The number of alkyl carbamates (subject to hydrolysis) is 1. The highest BCUT2D eigenvalue weighted by Gasteiger charge is 2.30. The van der Waals surface area contributed by atoms with Crippen LogP contribution in [0.4, 0.5) is 18.0 Å². The van der Waals surface area contributed by atoms with E-state index in [9.17, 15) is 27.6 Å². The summed E-state index contributed by atoms with van der Waals surface area (Å²) in [6.45, 7) is -0.795. The molecular weight excluding hydrogens is 469 g/mol. The summed E-state index contributed by atoms with van der Waals surface area (Å²) in [5.74, 6) is -2.10. The Balaban J connectivity index is 1.56. The first-order valence-corrected chi connectivity index (χ1v) is 11.0. The molecule has 1 atom stereocenters. The second-order valence-electron chi connectivity index (χ2n) is 7.89. The van der Waals surface area contributed by atoms with Gasteiger partial charge >= 0.3 is 18.4 Å². The number of amides is 2. The number of alkyl halides is 3. The van der Waals surface area contributed by atoms with Crippen molar-refractivity contribution in [2.45, 2.75) is 37.6 Å². The lowest BCUT2D eigenvalue weighted by molar-refractivity contribution is -0.324. The highest BCUT2D eigenvalue weighted by molar-refractivity contribution is 5.86. The highest BCUT2D eigenvalue weighted by Crippen LogP contribution is 2.44. The maximum Gasteiger partial charge on any atom is 0.522 e. The highest BCUT2D eigenvalue weighted by atomic mass is 19.4. The molecule has 0 radical (unpaired) electrons. The molecule has 1 aliphatic rings. The van der Waals surface area contributed by atoms with Crippen LogP contribution in [0.3, 0.4) is 0 Å². The third-order valence-electron chi connectivity index (χ3n) is 5.49. The normalized spacial score (nSPS) is 13.5. The third-order valence-corrected chi connectivity index (χ3v) is 5.49. The number of nitrogens with one attached hydrogen (secondary N) is 2. The molecule has 0 saturated heterocycles. The average molecular weight is 494 g/mol. The minimum Gasteiger partial charge on any atom is -0.481 e. The Kier molecular flexibility index (Phi) is 8.69. The number of aliphatic carboxylic acids is 1. The molecule has 1 aliphatic carbocycles. The van der Waals surface area contributed by atoms with Crippen LogP contribution in [0.25, 0.3) is 11.1 Å². The van der Waals surface area contributed by atoms with Crippen molar-refractivity contribution in [2.24, 2.45) is 0 Å². The molecule has 11 heteroatoms. The summed E-state index contributed by atoms with van der Waals surface area (Å²) in [7, 11) is 0. The Morgan fingerprint density at radius 3 is 2.17 bits per heavy atom. The average Bonchev–Trinajstić information content (AvgIpc) is 3.13. The lowest BCUT2D eigenvalue weighted by atomic mass is 9.98. The van der Waals surface area contributed by atoms with E-state index in [1.165, 1.54) is 0 Å². The Labute approximate surface area is 199 Å². The summed E-state index contributed by atoms with van der Waals surface area (Å²) < 4.78 is 45.0. The fraction of sp³-hybridized carbons (Fsp3) is 0.375. The maximum atomic E-state index is 12.5. The number of fused-ring (bicyclic) bond motifs is 3. The topological polar surface area (TPSA) is 114 Å². The van der Waals surface area contributed by atoms with Gasteiger partial charge < -0.3 is 20.5 Å². The van der Waals surface area contributed by atoms with Gasteiger partial charge in [0.15, 0.2) is 0 Å². The van der Waals surface area contributed by atoms with Crippen molar-refractivity contribution in [3.63, 3.8) is 0 Å². The molecule has 0 bridgehead atoms. The van der Waals surface area contributed by atoms with Crippen molar-refractivity contribution in [2.75, 3.05) is 19.8 Å². The first-order chi connectivity index (χ1) is 16.7. The number of halogens is 3. The summed E-state index contributed by atoms with van der Waals surface area (Å²) in [5, 5.41) is 13.7. The molecule has 0 aromatic heterocycles. The number of hydrogen-bond donors (Lipinski definition) is 3. The Hall–Kier alpha value is -3.60. The fourth-order valence-electron chi connectivity index (χ4n) is 3.91. The molecule has 3 rings (SSSR count). The van der Waals surface area contributed by atoms with E-state index in [2.05, 4.69) is 15.4 Å². The molecule has 1 unspecified atom stereocenters. The molecule has 35 heavy (non-hydrogen) atoms. The molecule has 0 saturated carbocycles. The van der Waals surface area contributed by atoms with Crippen molar-refractivity contribution in [3.05, 3.63) is 59.7 Å². The first kappa shape index (κ1) is 26.0. The zero-order valence-electron chi connectivity index (χ0n) is 18.6. The number of rotatable bonds is 11. The quantitative estimate of drug-likeness (QED) is 0.410. The van der Waals surface area contributed by atoms with Crippen LogP contribution in [-0.2, 0) is 19.1 Å². The van der Waals surface area contributed by atoms with Gasteiger partial charge in [-0.1, -0.05) is 48.5 Å². The second kappa shape index (κ2) is 11.7. The molecule has 0 fully saturated rings. The molecule has 2 aromatic rings. The van der Waals surface area contributed by atoms with Gasteiger partial charge in [-0.2, -0.15) is 0 Å². The lowest BCUT2D eigenvalue weighted by Gasteiger charge is -2.19. The summed E-state index contributed by atoms with van der Waals surface area (Å²) >= 11 is 0. The number of carboxylic acids is 1. The van der Waals surface area contributed by atoms with Crippen molar-refractivity contribution < 1.29 is 42.1 Å². The number of carboxylic acid groups (broad SMARTS) is 1. The summed E-state index contributed by atoms with van der Waals surface area (Å²) in [5.41, 5.74) is 4.10. The molecule has 8 nitrogen and oxygen atoms in total. The molecule has 0 aliphatic heterocycles. The predicted octanol–water partition coefficient (Wildman–Crippen LogP) is 3.80. The van der Waals surface area contributed by atoms with Gasteiger partial charge in [0.25, 0.3) is 0 Å². The van der Waals surface area contributed by atoms with E-state index in [-0.39, 0.29) is 31.9 Å². The number of carbonyl (C=O) groups is 3. The third kappa shape index (κ3) is 7.44. The number of benzene rings is 2. The van der Waals surface area contributed by atoms with Crippen LogP contribution < -0.4 is 10.6 Å². The van der Waals surface area contributed by atoms with Gasteiger partial charge in [0.1, 0.15) is 12.6 Å². The van der Waals surface area contributed by atoms with E-state index in [0.29, 0.717) is 0 Å². The van der Waals surface area contributed by atoms with Crippen LogP contribution in [0.1, 0.15) is 36.3 Å². The molecule has 0 heterocycles. The van der Waals surface area contributed by atoms with Gasteiger partial charge in [-0.15, -0.1) is 13.2 Å². The van der Waals surface area contributed by atoms with E-state index < -0.39 is 43.4 Å². The minimum absolute atomic E-state index is 0.00190. The molecule has 188 valence electrons. The van der Waals surface area contributed by atoms with Crippen molar-refractivity contribution in [1.82, 2.24) is 10.6 Å². The summed E-state index contributed by atoms with van der Waals surface area (Å²) in [4.78, 5) is 35.8. The Morgan fingerprint density at radius 1 is 1.00 bits per heavy atom. The van der Waals surface area contributed by atoms with Gasteiger partial charge in [0, 0.05) is 18.9 Å². The van der Waals surface area contributed by atoms with E-state index in [4.69, 9.17) is 9.84 Å². The van der Waals surface area contributed by atoms with Crippen molar-refractivity contribution in [3.8, 4) is 11.1 Å².